The number of nitrogens with zero attached hydrogens (tertiary/aromatic N) is 1. The number of fused-ring (bicyclic) bond motifs is 1. The van der Waals surface area contributed by atoms with Gasteiger partial charge in [-0.05, 0) is 17.7 Å². The van der Waals surface area contributed by atoms with Crippen molar-refractivity contribution in [1.82, 2.24) is 10.2 Å². The monoisotopic (exact) mass is 340 g/mol. The topological polar surface area (TPSA) is 67.9 Å². The van der Waals surface area contributed by atoms with E-state index in [1.807, 2.05) is 30.3 Å². The van der Waals surface area contributed by atoms with Crippen LogP contribution in [0.5, 0.6) is 11.5 Å². The number of carbonyl (C=O) groups is 2. The highest BCUT2D eigenvalue weighted by Crippen LogP contribution is 2.34. The standard InChI is InChI=1S/C19H20N2O4/c1-21(13-17(22)20-12-14-6-3-2-4-7-14)19(23)15-8-5-9-16-18(15)25-11-10-24-16/h2-9H,10-13H2,1H3,(H,20,22). The van der Waals surface area contributed by atoms with Gasteiger partial charge in [0.15, 0.2) is 11.5 Å². The SMILES string of the molecule is CN(CC(=O)NCc1ccccc1)C(=O)c1cccc2c1OCCO2. The molecule has 0 spiro atoms. The van der Waals surface area contributed by atoms with Crippen LogP contribution in [0.1, 0.15) is 15.9 Å². The number of amides is 2. The fourth-order valence-corrected chi connectivity index (χ4v) is 2.59. The van der Waals surface area contributed by atoms with Crippen LogP contribution in [-0.2, 0) is 11.3 Å². The molecule has 0 saturated carbocycles. The summed E-state index contributed by atoms with van der Waals surface area (Å²) >= 11 is 0. The number of para-hydroxylation sites is 1. The number of likely N-dealkylation sites (N-methyl/N-ethyl adjacent to an activating group) is 1. The van der Waals surface area contributed by atoms with Crippen LogP contribution in [0.25, 0.3) is 0 Å². The van der Waals surface area contributed by atoms with Crippen molar-refractivity contribution in [3.05, 3.63) is 59.7 Å². The molecular weight excluding hydrogens is 320 g/mol. The number of carbonyl (C=O) groups excluding carboxylic acids is 2. The van der Waals surface area contributed by atoms with Crippen LogP contribution in [0.15, 0.2) is 48.5 Å². The lowest BCUT2D eigenvalue weighted by Gasteiger charge is -2.23. The molecule has 2 aromatic rings. The molecule has 0 fully saturated rings. The summed E-state index contributed by atoms with van der Waals surface area (Å²) in [6.45, 7) is 1.26. The average Bonchev–Trinajstić information content (AvgIpc) is 2.66. The Hall–Kier alpha value is -3.02. The summed E-state index contributed by atoms with van der Waals surface area (Å²) in [4.78, 5) is 26.1. The molecule has 0 unspecified atom stereocenters. The summed E-state index contributed by atoms with van der Waals surface area (Å²) < 4.78 is 11.1. The van der Waals surface area contributed by atoms with Gasteiger partial charge in [-0.1, -0.05) is 36.4 Å². The first-order valence-electron chi connectivity index (χ1n) is 8.10. The molecule has 2 aromatic carbocycles. The summed E-state index contributed by atoms with van der Waals surface area (Å²) in [6.07, 6.45) is 0. The molecule has 6 nitrogen and oxygen atoms in total. The van der Waals surface area contributed by atoms with E-state index in [4.69, 9.17) is 9.47 Å². The zero-order valence-electron chi connectivity index (χ0n) is 14.0. The molecule has 0 aromatic heterocycles. The molecule has 1 N–H and O–H groups in total. The van der Waals surface area contributed by atoms with Crippen molar-refractivity contribution in [3.8, 4) is 11.5 Å². The third-order valence-electron chi connectivity index (χ3n) is 3.86. The molecule has 1 heterocycles. The maximum atomic E-state index is 12.6. The van der Waals surface area contributed by atoms with Gasteiger partial charge in [0.1, 0.15) is 13.2 Å². The quantitative estimate of drug-likeness (QED) is 0.902. The van der Waals surface area contributed by atoms with Crippen molar-refractivity contribution in [3.63, 3.8) is 0 Å². The number of rotatable bonds is 5. The Morgan fingerprint density at radius 3 is 2.60 bits per heavy atom. The van der Waals surface area contributed by atoms with E-state index < -0.39 is 0 Å². The van der Waals surface area contributed by atoms with Crippen LogP contribution in [0.2, 0.25) is 0 Å². The molecule has 1 aliphatic heterocycles. The smallest absolute Gasteiger partial charge is 0.257 e. The summed E-state index contributed by atoms with van der Waals surface area (Å²) in [7, 11) is 1.59. The van der Waals surface area contributed by atoms with Crippen molar-refractivity contribution in [2.24, 2.45) is 0 Å². The van der Waals surface area contributed by atoms with Gasteiger partial charge in [-0.2, -0.15) is 0 Å². The minimum Gasteiger partial charge on any atom is -0.486 e. The summed E-state index contributed by atoms with van der Waals surface area (Å²) in [5.74, 6) is 0.494. The van der Waals surface area contributed by atoms with Crippen molar-refractivity contribution in [2.45, 2.75) is 6.54 Å². The third kappa shape index (κ3) is 4.09. The van der Waals surface area contributed by atoms with E-state index in [1.54, 1.807) is 25.2 Å². The largest absolute Gasteiger partial charge is 0.486 e. The Balaban J connectivity index is 1.60. The lowest BCUT2D eigenvalue weighted by molar-refractivity contribution is -0.121. The number of hydrogen-bond acceptors (Lipinski definition) is 4. The van der Waals surface area contributed by atoms with Gasteiger partial charge in [0.05, 0.1) is 12.1 Å². The van der Waals surface area contributed by atoms with Crippen molar-refractivity contribution in [1.29, 1.82) is 0 Å². The second kappa shape index (κ2) is 7.70. The summed E-state index contributed by atoms with van der Waals surface area (Å²) in [6, 6.07) is 14.8. The second-order valence-corrected chi connectivity index (χ2v) is 5.75. The normalized spacial score (nSPS) is 12.4. The van der Waals surface area contributed by atoms with Crippen LogP contribution in [-0.4, -0.2) is 43.5 Å². The Morgan fingerprint density at radius 1 is 1.04 bits per heavy atom. The summed E-state index contributed by atoms with van der Waals surface area (Å²) in [5.41, 5.74) is 1.41. The lowest BCUT2D eigenvalue weighted by atomic mass is 10.1. The first kappa shape index (κ1) is 16.8. The maximum absolute atomic E-state index is 12.6. The van der Waals surface area contributed by atoms with Crippen molar-refractivity contribution >= 4 is 11.8 Å². The van der Waals surface area contributed by atoms with E-state index in [0.717, 1.165) is 5.56 Å². The van der Waals surface area contributed by atoms with Crippen LogP contribution >= 0.6 is 0 Å². The Labute approximate surface area is 146 Å². The van der Waals surface area contributed by atoms with Gasteiger partial charge in [-0.25, -0.2) is 0 Å². The molecule has 0 saturated heterocycles. The van der Waals surface area contributed by atoms with Crippen LogP contribution in [0.4, 0.5) is 0 Å². The van der Waals surface area contributed by atoms with E-state index in [2.05, 4.69) is 5.32 Å². The second-order valence-electron chi connectivity index (χ2n) is 5.75. The molecule has 0 atom stereocenters. The van der Waals surface area contributed by atoms with Gasteiger partial charge >= 0.3 is 0 Å². The Bertz CT molecular complexity index is 761. The molecule has 0 bridgehead atoms. The highest BCUT2D eigenvalue weighted by atomic mass is 16.6. The van der Waals surface area contributed by atoms with E-state index in [-0.39, 0.29) is 18.4 Å². The average molecular weight is 340 g/mol. The molecule has 2 amide bonds. The van der Waals surface area contributed by atoms with Crippen LogP contribution < -0.4 is 14.8 Å². The zero-order chi connectivity index (χ0) is 17.6. The van der Waals surface area contributed by atoms with Gasteiger partial charge in [0, 0.05) is 13.6 Å². The fraction of sp³-hybridized carbons (Fsp3) is 0.263. The van der Waals surface area contributed by atoms with Gasteiger partial charge < -0.3 is 19.7 Å². The molecule has 0 aliphatic carbocycles. The van der Waals surface area contributed by atoms with E-state index in [1.165, 1.54) is 4.90 Å². The maximum Gasteiger partial charge on any atom is 0.257 e. The van der Waals surface area contributed by atoms with Gasteiger partial charge in [-0.3, -0.25) is 9.59 Å². The molecule has 130 valence electrons. The highest BCUT2D eigenvalue weighted by Gasteiger charge is 2.23. The fourth-order valence-electron chi connectivity index (χ4n) is 2.59. The predicted molar refractivity (Wildman–Crippen MR) is 92.7 cm³/mol. The lowest BCUT2D eigenvalue weighted by Crippen LogP contribution is -2.38. The van der Waals surface area contributed by atoms with Gasteiger partial charge in [0.25, 0.3) is 5.91 Å². The summed E-state index contributed by atoms with van der Waals surface area (Å²) in [5, 5.41) is 2.81. The van der Waals surface area contributed by atoms with Crippen LogP contribution in [0, 0.1) is 0 Å². The third-order valence-corrected chi connectivity index (χ3v) is 3.86. The number of nitrogens with one attached hydrogen (secondary N) is 1. The van der Waals surface area contributed by atoms with Gasteiger partial charge in [0.2, 0.25) is 5.91 Å². The van der Waals surface area contributed by atoms with Crippen molar-refractivity contribution < 1.29 is 19.1 Å². The molecule has 25 heavy (non-hydrogen) atoms. The zero-order valence-corrected chi connectivity index (χ0v) is 14.0. The molecule has 0 radical (unpaired) electrons. The van der Waals surface area contributed by atoms with Gasteiger partial charge in [-0.15, -0.1) is 0 Å². The highest BCUT2D eigenvalue weighted by molar-refractivity contribution is 5.99. The number of hydrogen-bond donors (Lipinski definition) is 1. The Morgan fingerprint density at radius 2 is 1.80 bits per heavy atom. The van der Waals surface area contributed by atoms with E-state index in [0.29, 0.717) is 36.8 Å². The minimum absolute atomic E-state index is 0.0316. The molecule has 6 heteroatoms. The number of benzene rings is 2. The predicted octanol–water partition coefficient (Wildman–Crippen LogP) is 1.85. The van der Waals surface area contributed by atoms with Crippen molar-refractivity contribution in [2.75, 3.05) is 26.8 Å². The minimum atomic E-state index is -0.280. The molecular formula is C19H20N2O4. The van der Waals surface area contributed by atoms with Crippen LogP contribution in [0.3, 0.4) is 0 Å². The first-order chi connectivity index (χ1) is 12.1. The van der Waals surface area contributed by atoms with E-state index in [9.17, 15) is 9.59 Å². The first-order valence-corrected chi connectivity index (χ1v) is 8.10. The Kier molecular flexibility index (Phi) is 5.18. The molecule has 1 aliphatic rings. The molecule has 3 rings (SSSR count). The van der Waals surface area contributed by atoms with E-state index >= 15 is 0 Å². The number of ether oxygens (including phenoxy) is 2.